The largest absolute Gasteiger partial charge is 0.310 e. The second-order valence-electron chi connectivity index (χ2n) is 5.61. The molecule has 0 amide bonds. The molecule has 1 N–H and O–H groups in total. The third kappa shape index (κ3) is 4.99. The van der Waals surface area contributed by atoms with Gasteiger partial charge in [-0.2, -0.15) is 0 Å². The van der Waals surface area contributed by atoms with Gasteiger partial charge >= 0.3 is 0 Å². The summed E-state index contributed by atoms with van der Waals surface area (Å²) >= 11 is 5.84. The van der Waals surface area contributed by atoms with Crippen LogP contribution in [0.2, 0.25) is 0 Å². The maximum absolute atomic E-state index is 5.84. The van der Waals surface area contributed by atoms with E-state index in [2.05, 4.69) is 57.3 Å². The Balaban J connectivity index is 2.51. The number of hydrogen-bond donors (Lipinski definition) is 1. The van der Waals surface area contributed by atoms with Crippen LogP contribution in [0.4, 0.5) is 0 Å². The molecule has 1 rings (SSSR count). The van der Waals surface area contributed by atoms with Gasteiger partial charge < -0.3 is 5.32 Å². The van der Waals surface area contributed by atoms with Gasteiger partial charge in [0.05, 0.1) is 0 Å². The van der Waals surface area contributed by atoms with Crippen LogP contribution in [0.1, 0.15) is 51.2 Å². The third-order valence-corrected chi connectivity index (χ3v) is 3.66. The van der Waals surface area contributed by atoms with Crippen molar-refractivity contribution in [2.45, 2.75) is 52.6 Å². The van der Waals surface area contributed by atoms with Crippen LogP contribution in [-0.4, -0.2) is 11.9 Å². The van der Waals surface area contributed by atoms with Crippen molar-refractivity contribution in [3.63, 3.8) is 0 Å². The van der Waals surface area contributed by atoms with Gasteiger partial charge in [-0.1, -0.05) is 52.0 Å². The predicted octanol–water partition coefficient (Wildman–Crippen LogP) is 4.55. The summed E-state index contributed by atoms with van der Waals surface area (Å²) in [5.74, 6) is 1.95. The van der Waals surface area contributed by atoms with E-state index in [9.17, 15) is 0 Å². The zero-order valence-corrected chi connectivity index (χ0v) is 12.8. The highest BCUT2D eigenvalue weighted by Crippen LogP contribution is 2.15. The van der Waals surface area contributed by atoms with E-state index in [1.54, 1.807) is 0 Å². The second kappa shape index (κ2) is 7.81. The molecule has 0 heterocycles. The molecular formula is C16H26ClN. The lowest BCUT2D eigenvalue weighted by Gasteiger charge is -2.21. The standard InChI is InChI=1S/C16H26ClN/c1-12(2)15-7-5-14(6-8-15)11-18-16(9-10-17)13(3)4/h5-8,12-13,16,18H,9-11H2,1-4H3. The summed E-state index contributed by atoms with van der Waals surface area (Å²) in [4.78, 5) is 0. The second-order valence-corrected chi connectivity index (χ2v) is 5.98. The first-order valence-corrected chi connectivity index (χ1v) is 7.46. The van der Waals surface area contributed by atoms with Gasteiger partial charge in [-0.15, -0.1) is 11.6 Å². The van der Waals surface area contributed by atoms with Crippen LogP contribution in [0.15, 0.2) is 24.3 Å². The van der Waals surface area contributed by atoms with E-state index in [1.165, 1.54) is 11.1 Å². The minimum atomic E-state index is 0.507. The average Bonchev–Trinajstić information content (AvgIpc) is 2.34. The lowest BCUT2D eigenvalue weighted by atomic mass is 10.00. The van der Waals surface area contributed by atoms with Crippen molar-refractivity contribution in [1.82, 2.24) is 5.32 Å². The van der Waals surface area contributed by atoms with E-state index in [4.69, 9.17) is 11.6 Å². The van der Waals surface area contributed by atoms with Crippen molar-refractivity contribution in [3.05, 3.63) is 35.4 Å². The van der Waals surface area contributed by atoms with Crippen molar-refractivity contribution in [3.8, 4) is 0 Å². The van der Waals surface area contributed by atoms with Crippen LogP contribution in [0.3, 0.4) is 0 Å². The van der Waals surface area contributed by atoms with E-state index in [1.807, 2.05) is 0 Å². The summed E-state index contributed by atoms with van der Waals surface area (Å²) in [6, 6.07) is 9.41. The maximum Gasteiger partial charge on any atom is 0.0238 e. The molecular weight excluding hydrogens is 242 g/mol. The molecule has 1 aromatic rings. The zero-order chi connectivity index (χ0) is 13.5. The Morgan fingerprint density at radius 3 is 2.11 bits per heavy atom. The van der Waals surface area contributed by atoms with Gasteiger partial charge in [-0.05, 0) is 29.4 Å². The summed E-state index contributed by atoms with van der Waals surface area (Å²) in [5.41, 5.74) is 2.75. The Morgan fingerprint density at radius 2 is 1.67 bits per heavy atom. The van der Waals surface area contributed by atoms with Crippen LogP contribution < -0.4 is 5.32 Å². The molecule has 0 saturated heterocycles. The maximum atomic E-state index is 5.84. The lowest BCUT2D eigenvalue weighted by Crippen LogP contribution is -2.33. The van der Waals surface area contributed by atoms with Gasteiger partial charge in [0.15, 0.2) is 0 Å². The summed E-state index contributed by atoms with van der Waals surface area (Å²) in [5, 5.41) is 3.60. The predicted molar refractivity (Wildman–Crippen MR) is 81.3 cm³/mol. The van der Waals surface area contributed by atoms with Gasteiger partial charge in [-0.25, -0.2) is 0 Å². The topological polar surface area (TPSA) is 12.0 Å². The number of benzene rings is 1. The number of nitrogens with one attached hydrogen (secondary N) is 1. The summed E-state index contributed by atoms with van der Waals surface area (Å²) < 4.78 is 0. The number of alkyl halides is 1. The highest BCUT2D eigenvalue weighted by atomic mass is 35.5. The quantitative estimate of drug-likeness (QED) is 0.715. The molecule has 102 valence electrons. The van der Waals surface area contributed by atoms with E-state index in [0.717, 1.165) is 18.8 Å². The molecule has 0 radical (unpaired) electrons. The first kappa shape index (κ1) is 15.5. The van der Waals surface area contributed by atoms with E-state index >= 15 is 0 Å². The van der Waals surface area contributed by atoms with Gasteiger partial charge in [0.1, 0.15) is 0 Å². The third-order valence-electron chi connectivity index (χ3n) is 3.44. The summed E-state index contributed by atoms with van der Waals surface area (Å²) in [6.07, 6.45) is 1.03. The molecule has 1 unspecified atom stereocenters. The van der Waals surface area contributed by atoms with Crippen LogP contribution >= 0.6 is 11.6 Å². The molecule has 1 atom stereocenters. The van der Waals surface area contributed by atoms with Crippen LogP contribution in [-0.2, 0) is 6.54 Å². The Bertz CT molecular complexity index is 329. The fourth-order valence-electron chi connectivity index (χ4n) is 2.06. The molecule has 0 bridgehead atoms. The minimum absolute atomic E-state index is 0.507. The molecule has 0 aliphatic carbocycles. The lowest BCUT2D eigenvalue weighted by molar-refractivity contribution is 0.389. The van der Waals surface area contributed by atoms with E-state index < -0.39 is 0 Å². The van der Waals surface area contributed by atoms with Gasteiger partial charge in [0.2, 0.25) is 0 Å². The van der Waals surface area contributed by atoms with Crippen molar-refractivity contribution >= 4 is 11.6 Å². The first-order chi connectivity index (χ1) is 8.54. The SMILES string of the molecule is CC(C)c1ccc(CNC(CCCl)C(C)C)cc1. The molecule has 0 aliphatic heterocycles. The van der Waals surface area contributed by atoms with Crippen LogP contribution in [0.25, 0.3) is 0 Å². The van der Waals surface area contributed by atoms with Crippen molar-refractivity contribution in [2.24, 2.45) is 5.92 Å². The van der Waals surface area contributed by atoms with Gasteiger partial charge in [0, 0.05) is 18.5 Å². The Labute approximate surface area is 117 Å². The van der Waals surface area contributed by atoms with Crippen LogP contribution in [0, 0.1) is 5.92 Å². The van der Waals surface area contributed by atoms with Crippen molar-refractivity contribution < 1.29 is 0 Å². The summed E-state index contributed by atoms with van der Waals surface area (Å²) in [6.45, 7) is 9.86. The van der Waals surface area contributed by atoms with Crippen molar-refractivity contribution in [1.29, 1.82) is 0 Å². The number of rotatable bonds is 7. The molecule has 1 aromatic carbocycles. The molecule has 0 fully saturated rings. The normalized spacial score (nSPS) is 13.3. The first-order valence-electron chi connectivity index (χ1n) is 6.92. The number of hydrogen-bond acceptors (Lipinski definition) is 1. The average molecular weight is 268 g/mol. The van der Waals surface area contributed by atoms with Gasteiger partial charge in [0.25, 0.3) is 0 Å². The fourth-order valence-corrected chi connectivity index (χ4v) is 2.29. The Kier molecular flexibility index (Phi) is 6.73. The molecule has 0 spiro atoms. The molecule has 0 aliphatic rings. The van der Waals surface area contributed by atoms with Crippen LogP contribution in [0.5, 0.6) is 0 Å². The molecule has 18 heavy (non-hydrogen) atoms. The number of halogens is 1. The fraction of sp³-hybridized carbons (Fsp3) is 0.625. The van der Waals surface area contributed by atoms with E-state index in [-0.39, 0.29) is 0 Å². The Morgan fingerprint density at radius 1 is 1.06 bits per heavy atom. The zero-order valence-electron chi connectivity index (χ0n) is 12.0. The molecule has 0 saturated carbocycles. The molecule has 1 nitrogen and oxygen atoms in total. The summed E-state index contributed by atoms with van der Waals surface area (Å²) in [7, 11) is 0. The Hall–Kier alpha value is -0.530. The minimum Gasteiger partial charge on any atom is -0.310 e. The highest BCUT2D eigenvalue weighted by Gasteiger charge is 2.11. The molecule has 0 aromatic heterocycles. The van der Waals surface area contributed by atoms with E-state index in [0.29, 0.717) is 17.9 Å². The van der Waals surface area contributed by atoms with Gasteiger partial charge in [-0.3, -0.25) is 0 Å². The van der Waals surface area contributed by atoms with Crippen molar-refractivity contribution in [2.75, 3.05) is 5.88 Å². The highest BCUT2D eigenvalue weighted by molar-refractivity contribution is 6.17. The smallest absolute Gasteiger partial charge is 0.0238 e. The monoisotopic (exact) mass is 267 g/mol. The molecule has 2 heteroatoms.